The summed E-state index contributed by atoms with van der Waals surface area (Å²) in [6, 6.07) is 4.49. The second-order valence-corrected chi connectivity index (χ2v) is 3.35. The van der Waals surface area contributed by atoms with Gasteiger partial charge in [0.25, 0.3) is 5.69 Å². The van der Waals surface area contributed by atoms with Gasteiger partial charge in [-0.1, -0.05) is 6.58 Å². The van der Waals surface area contributed by atoms with Crippen molar-refractivity contribution >= 4 is 11.3 Å². The van der Waals surface area contributed by atoms with Crippen molar-refractivity contribution in [3.63, 3.8) is 0 Å². The van der Waals surface area contributed by atoms with Crippen molar-refractivity contribution in [3.8, 4) is 0 Å². The van der Waals surface area contributed by atoms with E-state index in [0.29, 0.717) is 12.0 Å². The molecule has 4 nitrogen and oxygen atoms in total. The number of hydrogen-bond acceptors (Lipinski definition) is 3. The Hall–Kier alpha value is -1.68. The van der Waals surface area contributed by atoms with E-state index in [-0.39, 0.29) is 5.69 Å². The number of non-ortho nitro benzene ring substituents is 1. The first-order valence-corrected chi connectivity index (χ1v) is 4.24. The molecule has 0 saturated carbocycles. The molecular weight excluding hydrogens is 182 g/mol. The summed E-state index contributed by atoms with van der Waals surface area (Å²) in [6.07, 6.45) is -0.173. The van der Waals surface area contributed by atoms with Gasteiger partial charge in [0.1, 0.15) is 0 Å². The van der Waals surface area contributed by atoms with E-state index in [1.165, 1.54) is 12.1 Å². The summed E-state index contributed by atoms with van der Waals surface area (Å²) in [5.41, 5.74) is 2.30. The molecule has 1 atom stereocenters. The summed E-state index contributed by atoms with van der Waals surface area (Å²) in [6.45, 7) is 3.79. The Labute approximate surface area is 80.6 Å². The van der Waals surface area contributed by atoms with Gasteiger partial charge in [-0.25, -0.2) is 0 Å². The van der Waals surface area contributed by atoms with E-state index in [9.17, 15) is 15.2 Å². The van der Waals surface area contributed by atoms with Gasteiger partial charge in [0.05, 0.1) is 11.0 Å². The third-order valence-electron chi connectivity index (χ3n) is 2.43. The zero-order valence-corrected chi connectivity index (χ0v) is 7.43. The molecule has 0 radical (unpaired) electrons. The average molecular weight is 191 g/mol. The molecule has 0 unspecified atom stereocenters. The zero-order valence-electron chi connectivity index (χ0n) is 7.43. The van der Waals surface area contributed by atoms with E-state index >= 15 is 0 Å². The van der Waals surface area contributed by atoms with Crippen molar-refractivity contribution in [3.05, 3.63) is 46.0 Å². The molecule has 0 aromatic heterocycles. The monoisotopic (exact) mass is 191 g/mol. The molecule has 72 valence electrons. The number of nitro benzene ring substituents is 1. The van der Waals surface area contributed by atoms with Gasteiger partial charge >= 0.3 is 0 Å². The summed E-state index contributed by atoms with van der Waals surface area (Å²) >= 11 is 0. The van der Waals surface area contributed by atoms with E-state index < -0.39 is 11.0 Å². The first-order valence-electron chi connectivity index (χ1n) is 4.24. The van der Waals surface area contributed by atoms with Gasteiger partial charge in [0.15, 0.2) is 0 Å². The Morgan fingerprint density at radius 1 is 1.57 bits per heavy atom. The fourth-order valence-corrected chi connectivity index (χ4v) is 1.71. The number of nitro groups is 1. The van der Waals surface area contributed by atoms with Crippen LogP contribution in [0.3, 0.4) is 0 Å². The van der Waals surface area contributed by atoms with Gasteiger partial charge in [-0.05, 0) is 22.8 Å². The van der Waals surface area contributed by atoms with Crippen LogP contribution in [-0.2, 0) is 0 Å². The van der Waals surface area contributed by atoms with Crippen LogP contribution in [-0.4, -0.2) is 10.0 Å². The Kier molecular flexibility index (Phi) is 1.86. The number of rotatable bonds is 1. The molecule has 0 spiro atoms. The van der Waals surface area contributed by atoms with E-state index in [4.69, 9.17) is 0 Å². The first kappa shape index (κ1) is 8.90. The van der Waals surface area contributed by atoms with Gasteiger partial charge in [-0.15, -0.1) is 0 Å². The lowest BCUT2D eigenvalue weighted by Gasteiger charge is -2.01. The first-order chi connectivity index (χ1) is 6.59. The zero-order chi connectivity index (χ0) is 10.3. The maximum atomic E-state index is 10.5. The third-order valence-corrected chi connectivity index (χ3v) is 2.43. The Balaban J connectivity index is 2.55. The predicted octanol–water partition coefficient (Wildman–Crippen LogP) is 2.05. The minimum absolute atomic E-state index is 0.0116. The van der Waals surface area contributed by atoms with E-state index in [1.807, 2.05) is 0 Å². The van der Waals surface area contributed by atoms with Crippen LogP contribution in [0.1, 0.15) is 23.7 Å². The average Bonchev–Trinajstić information content (AvgIpc) is 2.42. The number of hydrogen-bond donors (Lipinski definition) is 1. The van der Waals surface area contributed by atoms with E-state index in [1.54, 1.807) is 6.07 Å². The molecule has 2 rings (SSSR count). The Morgan fingerprint density at radius 3 is 2.93 bits per heavy atom. The largest absolute Gasteiger partial charge is 0.388 e. The van der Waals surface area contributed by atoms with Crippen LogP contribution in [0.15, 0.2) is 24.8 Å². The SMILES string of the molecule is C=C1C[C@@H](O)c2cc([N+](=O)[O-])ccc21. The van der Waals surface area contributed by atoms with Crippen molar-refractivity contribution in [2.24, 2.45) is 0 Å². The van der Waals surface area contributed by atoms with Crippen molar-refractivity contribution in [1.82, 2.24) is 0 Å². The summed E-state index contributed by atoms with van der Waals surface area (Å²) in [5, 5.41) is 20.1. The lowest BCUT2D eigenvalue weighted by atomic mass is 10.1. The lowest BCUT2D eigenvalue weighted by Crippen LogP contribution is -1.93. The maximum Gasteiger partial charge on any atom is 0.269 e. The smallest absolute Gasteiger partial charge is 0.269 e. The van der Waals surface area contributed by atoms with Crippen LogP contribution in [0.25, 0.3) is 5.57 Å². The molecule has 0 saturated heterocycles. The van der Waals surface area contributed by atoms with Crippen LogP contribution in [0.2, 0.25) is 0 Å². The molecule has 0 fully saturated rings. The summed E-state index contributed by atoms with van der Waals surface area (Å²) in [4.78, 5) is 10.0. The molecule has 1 aliphatic rings. The molecule has 0 amide bonds. The van der Waals surface area contributed by atoms with Crippen LogP contribution in [0.4, 0.5) is 5.69 Å². The number of aliphatic hydroxyl groups excluding tert-OH is 1. The highest BCUT2D eigenvalue weighted by molar-refractivity contribution is 5.72. The standard InChI is InChI=1S/C10H9NO3/c1-6-4-10(12)9-5-7(11(13)14)2-3-8(6)9/h2-3,5,10,12H,1,4H2/t10-/m1/s1. The number of benzene rings is 1. The molecule has 1 aromatic rings. The molecule has 1 aromatic carbocycles. The van der Waals surface area contributed by atoms with Crippen molar-refractivity contribution < 1.29 is 10.0 Å². The Bertz CT molecular complexity index is 425. The van der Waals surface area contributed by atoms with Gasteiger partial charge in [0, 0.05) is 18.6 Å². The van der Waals surface area contributed by atoms with Gasteiger partial charge in [-0.3, -0.25) is 10.1 Å². The molecule has 14 heavy (non-hydrogen) atoms. The van der Waals surface area contributed by atoms with E-state index in [2.05, 4.69) is 6.58 Å². The predicted molar refractivity (Wildman–Crippen MR) is 51.7 cm³/mol. The molecule has 0 aliphatic heterocycles. The molecular formula is C10H9NO3. The maximum absolute atomic E-state index is 10.5. The molecule has 4 heteroatoms. The van der Waals surface area contributed by atoms with Gasteiger partial charge in [0.2, 0.25) is 0 Å². The third kappa shape index (κ3) is 1.20. The highest BCUT2D eigenvalue weighted by atomic mass is 16.6. The van der Waals surface area contributed by atoms with E-state index in [0.717, 1.165) is 11.1 Å². The topological polar surface area (TPSA) is 63.4 Å². The minimum Gasteiger partial charge on any atom is -0.388 e. The number of fused-ring (bicyclic) bond motifs is 1. The number of nitrogens with zero attached hydrogens (tertiary/aromatic N) is 1. The fraction of sp³-hybridized carbons (Fsp3) is 0.200. The summed E-state index contributed by atoms with van der Waals surface area (Å²) < 4.78 is 0. The van der Waals surface area contributed by atoms with Crippen LogP contribution >= 0.6 is 0 Å². The lowest BCUT2D eigenvalue weighted by molar-refractivity contribution is -0.385. The van der Waals surface area contributed by atoms with Crippen LogP contribution < -0.4 is 0 Å². The normalized spacial score (nSPS) is 19.5. The highest BCUT2D eigenvalue weighted by Crippen LogP contribution is 2.39. The quantitative estimate of drug-likeness (QED) is 0.545. The molecule has 0 bridgehead atoms. The van der Waals surface area contributed by atoms with Crippen molar-refractivity contribution in [1.29, 1.82) is 0 Å². The van der Waals surface area contributed by atoms with Gasteiger partial charge in [-0.2, -0.15) is 0 Å². The van der Waals surface area contributed by atoms with Gasteiger partial charge < -0.3 is 5.11 Å². The van der Waals surface area contributed by atoms with Crippen LogP contribution in [0, 0.1) is 10.1 Å². The second kappa shape index (κ2) is 2.92. The molecule has 0 heterocycles. The number of aliphatic hydroxyl groups is 1. The second-order valence-electron chi connectivity index (χ2n) is 3.35. The summed E-state index contributed by atoms with van der Waals surface area (Å²) in [7, 11) is 0. The van der Waals surface area contributed by atoms with Crippen molar-refractivity contribution in [2.75, 3.05) is 0 Å². The van der Waals surface area contributed by atoms with Crippen molar-refractivity contribution in [2.45, 2.75) is 12.5 Å². The fourth-order valence-electron chi connectivity index (χ4n) is 1.71. The molecule has 1 aliphatic carbocycles. The molecule has 1 N–H and O–H groups in total. The minimum atomic E-state index is -0.641. The Morgan fingerprint density at radius 2 is 2.29 bits per heavy atom. The highest BCUT2D eigenvalue weighted by Gasteiger charge is 2.25. The summed E-state index contributed by atoms with van der Waals surface area (Å²) in [5.74, 6) is 0. The van der Waals surface area contributed by atoms with Crippen LogP contribution in [0.5, 0.6) is 0 Å².